The first kappa shape index (κ1) is 20.0. The summed E-state index contributed by atoms with van der Waals surface area (Å²) in [6.45, 7) is 0. The van der Waals surface area contributed by atoms with Crippen LogP contribution < -0.4 is 14.9 Å². The lowest BCUT2D eigenvalue weighted by Crippen LogP contribution is -2.18. The molecule has 154 valence electrons. The number of nitrogens with one attached hydrogen (secondary N) is 1. The molecule has 0 aliphatic rings. The van der Waals surface area contributed by atoms with Crippen LogP contribution in [0.5, 0.6) is 11.5 Å². The summed E-state index contributed by atoms with van der Waals surface area (Å²) in [6, 6.07) is 18.4. The van der Waals surface area contributed by atoms with Gasteiger partial charge in [-0.15, -0.1) is 0 Å². The third kappa shape index (κ3) is 4.20. The van der Waals surface area contributed by atoms with E-state index in [2.05, 4.69) is 20.5 Å². The van der Waals surface area contributed by atoms with Gasteiger partial charge in [-0.05, 0) is 36.4 Å². The molecule has 0 spiro atoms. The highest BCUT2D eigenvalue weighted by atomic mass is 16.5. The fraction of sp³-hybridized carbons (Fsp3) is 0.0833. The Bertz CT molecular complexity index is 1260. The van der Waals surface area contributed by atoms with Crippen LogP contribution in [0, 0.1) is 0 Å². The van der Waals surface area contributed by atoms with E-state index in [-0.39, 0.29) is 5.91 Å². The standard InChI is InChI=1S/C24H20N4O3/c1-30-22-11-5-7-17(23(22)31-2)15-26-28-24(29)19-13-21(16-8-6-12-25-14-16)27-20-10-4-3-9-18(19)20/h3-15H,1-2H3,(H,28,29)/b26-15-. The van der Waals surface area contributed by atoms with Gasteiger partial charge >= 0.3 is 0 Å². The van der Waals surface area contributed by atoms with Crippen LogP contribution in [-0.2, 0) is 0 Å². The van der Waals surface area contributed by atoms with Gasteiger partial charge < -0.3 is 9.47 Å². The normalized spacial score (nSPS) is 10.9. The van der Waals surface area contributed by atoms with Crippen molar-refractivity contribution in [1.82, 2.24) is 15.4 Å². The summed E-state index contributed by atoms with van der Waals surface area (Å²) in [5.74, 6) is 0.775. The topological polar surface area (TPSA) is 85.7 Å². The van der Waals surface area contributed by atoms with Crippen LogP contribution in [0.15, 0.2) is 78.2 Å². The molecule has 0 saturated heterocycles. The van der Waals surface area contributed by atoms with Crippen molar-refractivity contribution in [3.63, 3.8) is 0 Å². The van der Waals surface area contributed by atoms with Crippen LogP contribution in [0.1, 0.15) is 15.9 Å². The Morgan fingerprint density at radius 1 is 1.03 bits per heavy atom. The van der Waals surface area contributed by atoms with Crippen LogP contribution >= 0.6 is 0 Å². The molecule has 0 aliphatic carbocycles. The molecular weight excluding hydrogens is 392 g/mol. The molecule has 7 nitrogen and oxygen atoms in total. The number of para-hydroxylation sites is 2. The molecule has 0 bridgehead atoms. The van der Waals surface area contributed by atoms with Gasteiger partial charge in [0.1, 0.15) is 0 Å². The number of hydrogen-bond donors (Lipinski definition) is 1. The summed E-state index contributed by atoms with van der Waals surface area (Å²) in [5, 5.41) is 4.86. The molecule has 0 saturated carbocycles. The summed E-state index contributed by atoms with van der Waals surface area (Å²) in [5.41, 5.74) is 5.95. The highest BCUT2D eigenvalue weighted by Gasteiger charge is 2.14. The molecule has 2 aromatic heterocycles. The highest BCUT2D eigenvalue weighted by molar-refractivity contribution is 6.07. The highest BCUT2D eigenvalue weighted by Crippen LogP contribution is 2.29. The molecular formula is C24H20N4O3. The third-order valence-electron chi connectivity index (χ3n) is 4.72. The van der Waals surface area contributed by atoms with Gasteiger partial charge in [0, 0.05) is 28.9 Å². The molecule has 0 aliphatic heterocycles. The van der Waals surface area contributed by atoms with E-state index in [1.807, 2.05) is 48.5 Å². The Hall–Kier alpha value is -4.26. The fourth-order valence-electron chi connectivity index (χ4n) is 3.26. The first-order valence-electron chi connectivity index (χ1n) is 9.56. The smallest absolute Gasteiger partial charge is 0.272 e. The number of methoxy groups -OCH3 is 2. The van der Waals surface area contributed by atoms with Gasteiger partial charge in [-0.2, -0.15) is 5.10 Å². The van der Waals surface area contributed by atoms with Gasteiger partial charge in [0.2, 0.25) is 0 Å². The number of hydrazone groups is 1. The van der Waals surface area contributed by atoms with Crippen molar-refractivity contribution in [1.29, 1.82) is 0 Å². The summed E-state index contributed by atoms with van der Waals surface area (Å²) in [7, 11) is 3.12. The molecule has 31 heavy (non-hydrogen) atoms. The molecule has 0 atom stereocenters. The van der Waals surface area contributed by atoms with E-state index >= 15 is 0 Å². The SMILES string of the molecule is COc1cccc(/C=N\NC(=O)c2cc(-c3cccnc3)nc3ccccc23)c1OC. The van der Waals surface area contributed by atoms with Crippen molar-refractivity contribution in [3.05, 3.63) is 84.2 Å². The second-order valence-corrected chi connectivity index (χ2v) is 6.60. The third-order valence-corrected chi connectivity index (χ3v) is 4.72. The van der Waals surface area contributed by atoms with E-state index < -0.39 is 0 Å². The Labute approximate surface area is 179 Å². The number of carbonyl (C=O) groups is 1. The second-order valence-electron chi connectivity index (χ2n) is 6.60. The average Bonchev–Trinajstić information content (AvgIpc) is 2.83. The fourth-order valence-corrected chi connectivity index (χ4v) is 3.26. The molecule has 7 heteroatoms. The van der Waals surface area contributed by atoms with Crippen LogP contribution in [0.25, 0.3) is 22.2 Å². The number of hydrogen-bond acceptors (Lipinski definition) is 6. The van der Waals surface area contributed by atoms with Crippen molar-refractivity contribution in [2.75, 3.05) is 14.2 Å². The van der Waals surface area contributed by atoms with Crippen LogP contribution in [0.3, 0.4) is 0 Å². The summed E-state index contributed by atoms with van der Waals surface area (Å²) in [6.07, 6.45) is 4.93. The second kappa shape index (κ2) is 9.04. The molecule has 0 radical (unpaired) electrons. The van der Waals surface area contributed by atoms with Gasteiger partial charge in [0.15, 0.2) is 11.5 Å². The Morgan fingerprint density at radius 2 is 1.90 bits per heavy atom. The Morgan fingerprint density at radius 3 is 2.68 bits per heavy atom. The van der Waals surface area contributed by atoms with E-state index in [4.69, 9.17) is 9.47 Å². The maximum absolute atomic E-state index is 13.0. The van der Waals surface area contributed by atoms with E-state index in [1.54, 1.807) is 38.7 Å². The summed E-state index contributed by atoms with van der Waals surface area (Å²) < 4.78 is 10.7. The largest absolute Gasteiger partial charge is 0.493 e. The number of pyridine rings is 2. The summed E-state index contributed by atoms with van der Waals surface area (Å²) in [4.78, 5) is 21.8. The van der Waals surface area contributed by atoms with E-state index in [0.29, 0.717) is 33.8 Å². The molecule has 2 heterocycles. The van der Waals surface area contributed by atoms with Crippen molar-refractivity contribution in [2.24, 2.45) is 5.10 Å². The maximum atomic E-state index is 13.0. The number of fused-ring (bicyclic) bond motifs is 1. The zero-order valence-electron chi connectivity index (χ0n) is 17.1. The molecule has 2 aromatic carbocycles. The number of amides is 1. The maximum Gasteiger partial charge on any atom is 0.272 e. The van der Waals surface area contributed by atoms with E-state index in [1.165, 1.54) is 6.21 Å². The number of ether oxygens (including phenoxy) is 2. The number of nitrogens with zero attached hydrogens (tertiary/aromatic N) is 3. The molecule has 1 amide bonds. The van der Waals surface area contributed by atoms with Gasteiger partial charge in [-0.25, -0.2) is 10.4 Å². The number of aromatic nitrogens is 2. The molecule has 1 N–H and O–H groups in total. The van der Waals surface area contributed by atoms with Gasteiger partial charge in [-0.3, -0.25) is 9.78 Å². The van der Waals surface area contributed by atoms with Crippen LogP contribution in [0.4, 0.5) is 0 Å². The number of rotatable bonds is 6. The first-order valence-corrected chi connectivity index (χ1v) is 9.56. The monoisotopic (exact) mass is 412 g/mol. The average molecular weight is 412 g/mol. The molecule has 4 aromatic rings. The predicted octanol–water partition coefficient (Wildman–Crippen LogP) is 4.08. The predicted molar refractivity (Wildman–Crippen MR) is 120 cm³/mol. The molecule has 4 rings (SSSR count). The molecule has 0 unspecified atom stereocenters. The van der Waals surface area contributed by atoms with Crippen molar-refractivity contribution < 1.29 is 14.3 Å². The van der Waals surface area contributed by atoms with Gasteiger partial charge in [0.05, 0.1) is 37.2 Å². The van der Waals surface area contributed by atoms with Gasteiger partial charge in [0.25, 0.3) is 5.91 Å². The number of carbonyl (C=O) groups excluding carboxylic acids is 1. The van der Waals surface area contributed by atoms with Gasteiger partial charge in [-0.1, -0.05) is 24.3 Å². The quantitative estimate of drug-likeness (QED) is 0.381. The zero-order chi connectivity index (χ0) is 21.6. The lowest BCUT2D eigenvalue weighted by molar-refractivity contribution is 0.0956. The van der Waals surface area contributed by atoms with E-state index in [0.717, 1.165) is 10.9 Å². The van der Waals surface area contributed by atoms with E-state index in [9.17, 15) is 4.79 Å². The van der Waals surface area contributed by atoms with Crippen LogP contribution in [-0.4, -0.2) is 36.3 Å². The minimum atomic E-state index is -0.346. The van der Waals surface area contributed by atoms with Crippen molar-refractivity contribution in [2.45, 2.75) is 0 Å². The van der Waals surface area contributed by atoms with Crippen molar-refractivity contribution >= 4 is 23.0 Å². The Balaban J connectivity index is 1.66. The first-order chi connectivity index (χ1) is 15.2. The minimum absolute atomic E-state index is 0.346. The lowest BCUT2D eigenvalue weighted by Gasteiger charge is -2.10. The Kier molecular flexibility index (Phi) is 5.84. The summed E-state index contributed by atoms with van der Waals surface area (Å²) >= 11 is 0. The zero-order valence-corrected chi connectivity index (χ0v) is 17.1. The lowest BCUT2D eigenvalue weighted by atomic mass is 10.0. The van der Waals surface area contributed by atoms with Crippen molar-refractivity contribution in [3.8, 4) is 22.8 Å². The minimum Gasteiger partial charge on any atom is -0.493 e. The van der Waals surface area contributed by atoms with Crippen LogP contribution in [0.2, 0.25) is 0 Å². The molecule has 0 fully saturated rings. The number of benzene rings is 2.